The molecule has 0 bridgehead atoms. The first kappa shape index (κ1) is 15.0. The van der Waals surface area contributed by atoms with Crippen LogP contribution in [0.15, 0.2) is 48.1 Å². The van der Waals surface area contributed by atoms with Crippen molar-refractivity contribution < 1.29 is 14.6 Å². The van der Waals surface area contributed by atoms with E-state index in [1.165, 1.54) is 6.08 Å². The molecule has 0 aromatic heterocycles. The monoisotopic (exact) mass is 286 g/mol. The van der Waals surface area contributed by atoms with E-state index in [0.29, 0.717) is 12.2 Å². The van der Waals surface area contributed by atoms with E-state index in [0.717, 1.165) is 5.56 Å². The zero-order valence-corrected chi connectivity index (χ0v) is 11.8. The molecule has 0 amide bonds. The van der Waals surface area contributed by atoms with Crippen molar-refractivity contribution in [3.05, 3.63) is 53.6 Å². The maximum absolute atomic E-state index is 11.4. The predicted octanol–water partition coefficient (Wildman–Crippen LogP) is 2.20. The molecule has 1 aromatic carbocycles. The minimum Gasteiger partial charge on any atom is -0.478 e. The number of aliphatic carboxylic acids is 1. The molecule has 2 rings (SSSR count). The van der Waals surface area contributed by atoms with Gasteiger partial charge in [0.2, 0.25) is 0 Å². The van der Waals surface area contributed by atoms with Crippen molar-refractivity contribution in [2.24, 2.45) is 5.73 Å². The highest BCUT2D eigenvalue weighted by Gasteiger charge is 2.37. The van der Waals surface area contributed by atoms with E-state index in [4.69, 9.17) is 15.9 Å². The number of hydrogen-bond donors (Lipinski definition) is 3. The van der Waals surface area contributed by atoms with Gasteiger partial charge in [0.1, 0.15) is 11.4 Å². The van der Waals surface area contributed by atoms with E-state index in [1.54, 1.807) is 6.08 Å². The molecule has 1 aliphatic carbocycles. The number of hydrogen-bond acceptors (Lipinski definition) is 3. The Bertz CT molecular complexity index is 620. The second kappa shape index (κ2) is 5.93. The Morgan fingerprint density at radius 1 is 1.43 bits per heavy atom. The average Bonchev–Trinajstić information content (AvgIpc) is 2.48. The Balaban J connectivity index is 2.53. The van der Waals surface area contributed by atoms with Gasteiger partial charge >= 0.3 is 5.97 Å². The van der Waals surface area contributed by atoms with Crippen molar-refractivity contribution >= 4 is 17.4 Å². The van der Waals surface area contributed by atoms with Crippen molar-refractivity contribution in [2.75, 3.05) is 6.61 Å². The van der Waals surface area contributed by atoms with Crippen molar-refractivity contribution in [2.45, 2.75) is 18.9 Å². The molecular formula is C16H18N2O3. The summed E-state index contributed by atoms with van der Waals surface area (Å²) in [6.07, 6.45) is 3.28. The summed E-state index contributed by atoms with van der Waals surface area (Å²) < 4.78 is 5.65. The number of ether oxygens (including phenoxy) is 1. The first-order chi connectivity index (χ1) is 10.00. The highest BCUT2D eigenvalue weighted by Crippen LogP contribution is 2.36. The van der Waals surface area contributed by atoms with E-state index in [1.807, 2.05) is 37.3 Å². The van der Waals surface area contributed by atoms with Crippen LogP contribution >= 0.6 is 0 Å². The molecule has 5 nitrogen and oxygen atoms in total. The lowest BCUT2D eigenvalue weighted by atomic mass is 9.82. The largest absolute Gasteiger partial charge is 0.478 e. The second-order valence-corrected chi connectivity index (χ2v) is 4.81. The molecule has 21 heavy (non-hydrogen) atoms. The van der Waals surface area contributed by atoms with Gasteiger partial charge < -0.3 is 15.6 Å². The zero-order valence-electron chi connectivity index (χ0n) is 11.8. The number of carbonyl (C=O) groups is 1. The lowest BCUT2D eigenvalue weighted by molar-refractivity contribution is -0.132. The molecule has 0 radical (unpaired) electrons. The molecule has 5 heteroatoms. The zero-order chi connectivity index (χ0) is 15.5. The van der Waals surface area contributed by atoms with Crippen LogP contribution in [0.4, 0.5) is 0 Å². The Morgan fingerprint density at radius 2 is 2.10 bits per heavy atom. The minimum absolute atomic E-state index is 0.126. The van der Waals surface area contributed by atoms with Gasteiger partial charge in [0.15, 0.2) is 0 Å². The van der Waals surface area contributed by atoms with Crippen LogP contribution in [0.3, 0.4) is 0 Å². The Hall–Kier alpha value is -2.40. The predicted molar refractivity (Wildman–Crippen MR) is 81.0 cm³/mol. The van der Waals surface area contributed by atoms with Crippen LogP contribution in [0.25, 0.3) is 5.57 Å². The number of nitrogens with two attached hydrogens (primary N) is 1. The topological polar surface area (TPSA) is 96.4 Å². The van der Waals surface area contributed by atoms with Crippen molar-refractivity contribution in [3.63, 3.8) is 0 Å². The third-order valence-corrected chi connectivity index (χ3v) is 3.49. The van der Waals surface area contributed by atoms with E-state index in [9.17, 15) is 9.90 Å². The lowest BCUT2D eigenvalue weighted by Gasteiger charge is -2.33. The van der Waals surface area contributed by atoms with Crippen molar-refractivity contribution in [1.82, 2.24) is 0 Å². The summed E-state index contributed by atoms with van der Waals surface area (Å²) in [6, 6.07) is 9.24. The minimum atomic E-state index is -1.07. The molecule has 1 aromatic rings. The van der Waals surface area contributed by atoms with E-state index in [-0.39, 0.29) is 17.8 Å². The molecule has 0 aliphatic heterocycles. The van der Waals surface area contributed by atoms with Crippen molar-refractivity contribution in [3.8, 4) is 0 Å². The van der Waals surface area contributed by atoms with Crippen LogP contribution in [-0.4, -0.2) is 29.1 Å². The van der Waals surface area contributed by atoms with Crippen LogP contribution in [0.5, 0.6) is 0 Å². The fourth-order valence-corrected chi connectivity index (χ4v) is 2.45. The van der Waals surface area contributed by atoms with Crippen molar-refractivity contribution in [1.29, 1.82) is 5.41 Å². The van der Waals surface area contributed by atoms with Gasteiger partial charge in [0.25, 0.3) is 0 Å². The van der Waals surface area contributed by atoms with Crippen LogP contribution in [0, 0.1) is 5.41 Å². The van der Waals surface area contributed by atoms with Gasteiger partial charge in [-0.3, -0.25) is 5.41 Å². The van der Waals surface area contributed by atoms with E-state index < -0.39 is 11.6 Å². The first-order valence-electron chi connectivity index (χ1n) is 6.69. The average molecular weight is 286 g/mol. The molecule has 0 heterocycles. The number of amidine groups is 1. The summed E-state index contributed by atoms with van der Waals surface area (Å²) >= 11 is 0. The summed E-state index contributed by atoms with van der Waals surface area (Å²) in [5.41, 5.74) is 6.24. The number of nitrogens with one attached hydrogen (secondary N) is 1. The molecule has 0 spiro atoms. The van der Waals surface area contributed by atoms with Crippen LogP contribution in [-0.2, 0) is 9.53 Å². The number of benzene rings is 1. The van der Waals surface area contributed by atoms with Crippen LogP contribution in [0.1, 0.15) is 18.9 Å². The van der Waals surface area contributed by atoms with E-state index in [2.05, 4.69) is 0 Å². The highest BCUT2D eigenvalue weighted by molar-refractivity contribution is 6.03. The van der Waals surface area contributed by atoms with Gasteiger partial charge in [0, 0.05) is 13.0 Å². The third-order valence-electron chi connectivity index (χ3n) is 3.49. The molecule has 1 aliphatic rings. The molecule has 0 saturated heterocycles. The summed E-state index contributed by atoms with van der Waals surface area (Å²) in [4.78, 5) is 11.4. The fraction of sp³-hybridized carbons (Fsp3) is 0.250. The summed E-state index contributed by atoms with van der Waals surface area (Å²) in [5.74, 6) is -1.13. The first-order valence-corrected chi connectivity index (χ1v) is 6.69. The van der Waals surface area contributed by atoms with Gasteiger partial charge in [-0.1, -0.05) is 30.3 Å². The number of rotatable bonds is 5. The quantitative estimate of drug-likeness (QED) is 0.571. The molecule has 0 fully saturated rings. The molecule has 1 unspecified atom stereocenters. The second-order valence-electron chi connectivity index (χ2n) is 4.81. The third kappa shape index (κ3) is 2.87. The normalized spacial score (nSPS) is 21.4. The van der Waals surface area contributed by atoms with Gasteiger partial charge in [-0.2, -0.15) is 0 Å². The molecule has 0 saturated carbocycles. The molecule has 1 atom stereocenters. The lowest BCUT2D eigenvalue weighted by Crippen LogP contribution is -2.45. The fourth-order valence-electron chi connectivity index (χ4n) is 2.45. The van der Waals surface area contributed by atoms with Gasteiger partial charge in [-0.05, 0) is 30.2 Å². The summed E-state index contributed by atoms with van der Waals surface area (Å²) in [6.45, 7) is 2.20. The Morgan fingerprint density at radius 3 is 2.62 bits per heavy atom. The standard InChI is InChI=1S/C16H18N2O3/c1-2-21-16(15(17)18)9-8-12(14(19)20)13(10-16)11-6-4-3-5-7-11/h3-9H,2,10H2,1H3,(H3,17,18)(H,19,20). The van der Waals surface area contributed by atoms with E-state index >= 15 is 0 Å². The Kier molecular flexibility index (Phi) is 4.23. The summed E-state index contributed by atoms with van der Waals surface area (Å²) in [7, 11) is 0. The SMILES string of the molecule is CCOC1(C(=N)N)C=CC(C(=O)O)=C(c2ccccc2)C1. The van der Waals surface area contributed by atoms with Gasteiger partial charge in [-0.15, -0.1) is 0 Å². The molecule has 4 N–H and O–H groups in total. The summed E-state index contributed by atoms with van der Waals surface area (Å²) in [5, 5.41) is 17.2. The number of carboxylic acid groups (broad SMARTS) is 1. The smallest absolute Gasteiger partial charge is 0.335 e. The van der Waals surface area contributed by atoms with Gasteiger partial charge in [0.05, 0.1) is 5.57 Å². The Labute approximate surface area is 123 Å². The molecule has 110 valence electrons. The molecular weight excluding hydrogens is 268 g/mol. The van der Waals surface area contributed by atoms with Gasteiger partial charge in [-0.25, -0.2) is 4.79 Å². The highest BCUT2D eigenvalue weighted by atomic mass is 16.5. The maximum Gasteiger partial charge on any atom is 0.335 e. The maximum atomic E-state index is 11.4. The number of carboxylic acids is 1. The van der Waals surface area contributed by atoms with Crippen LogP contribution in [0.2, 0.25) is 0 Å². The van der Waals surface area contributed by atoms with Crippen LogP contribution < -0.4 is 5.73 Å².